The molecule has 4 aliphatic rings. The van der Waals surface area contributed by atoms with E-state index in [1.807, 2.05) is 32.6 Å². The van der Waals surface area contributed by atoms with Gasteiger partial charge in [-0.25, -0.2) is 9.59 Å². The van der Waals surface area contributed by atoms with Crippen LogP contribution in [0.4, 0.5) is 4.79 Å². The Morgan fingerprint density at radius 2 is 1.84 bits per heavy atom. The molecule has 0 aromatic rings. The number of hydrogen-bond acceptors (Lipinski definition) is 4. The summed E-state index contributed by atoms with van der Waals surface area (Å²) in [4.78, 5) is 27.4. The second-order valence-corrected chi connectivity index (χ2v) is 11.1. The minimum atomic E-state index is -0.502. The Morgan fingerprint density at radius 3 is 2.58 bits per heavy atom. The van der Waals surface area contributed by atoms with Crippen molar-refractivity contribution in [2.24, 2.45) is 23.7 Å². The maximum absolute atomic E-state index is 13.0. The summed E-state index contributed by atoms with van der Waals surface area (Å²) >= 11 is 0. The third kappa shape index (κ3) is 4.56. The summed E-state index contributed by atoms with van der Waals surface area (Å²) in [6.45, 7) is 9.91. The molecule has 0 spiro atoms. The Kier molecular flexibility index (Phi) is 6.24. The zero-order chi connectivity index (χ0) is 22.3. The van der Waals surface area contributed by atoms with Crippen molar-refractivity contribution in [2.75, 3.05) is 0 Å². The van der Waals surface area contributed by atoms with Crippen molar-refractivity contribution in [3.63, 3.8) is 0 Å². The van der Waals surface area contributed by atoms with Gasteiger partial charge in [-0.15, -0.1) is 0 Å². The molecule has 0 aromatic carbocycles. The molecule has 1 saturated carbocycles. The first-order valence-corrected chi connectivity index (χ1v) is 12.3. The highest BCUT2D eigenvalue weighted by Gasteiger charge is 2.49. The van der Waals surface area contributed by atoms with Crippen LogP contribution in [0.3, 0.4) is 0 Å². The Bertz CT molecular complexity index is 764. The van der Waals surface area contributed by atoms with Gasteiger partial charge >= 0.3 is 12.1 Å². The summed E-state index contributed by atoms with van der Waals surface area (Å²) in [7, 11) is 0. The van der Waals surface area contributed by atoms with Gasteiger partial charge < -0.3 is 9.47 Å². The van der Waals surface area contributed by atoms with E-state index in [2.05, 4.69) is 25.2 Å². The topological polar surface area (TPSA) is 55.8 Å². The SMILES string of the molecule is C[C@@H]1OC(=O)C2=C[C@H]3CCCC[C@@H]3[C@@H](/C=C/[C@@H]3CCC[C@H](C)N3C(=O)OC(C)(C)C)[C@H]21. The van der Waals surface area contributed by atoms with Crippen LogP contribution in [0.5, 0.6) is 0 Å². The summed E-state index contributed by atoms with van der Waals surface area (Å²) in [5, 5.41) is 0. The molecular weight excluding hydrogens is 390 g/mol. The van der Waals surface area contributed by atoms with Crippen LogP contribution in [0.2, 0.25) is 0 Å². The van der Waals surface area contributed by atoms with Crippen molar-refractivity contribution < 1.29 is 19.1 Å². The van der Waals surface area contributed by atoms with E-state index < -0.39 is 5.60 Å². The van der Waals surface area contributed by atoms with Gasteiger partial charge in [0.2, 0.25) is 0 Å². The van der Waals surface area contributed by atoms with Crippen molar-refractivity contribution in [3.8, 4) is 0 Å². The van der Waals surface area contributed by atoms with Crippen LogP contribution < -0.4 is 0 Å². The van der Waals surface area contributed by atoms with E-state index in [-0.39, 0.29) is 36.2 Å². The molecule has 7 atom stereocenters. The van der Waals surface area contributed by atoms with Gasteiger partial charge in [0, 0.05) is 17.5 Å². The number of esters is 1. The number of allylic oxidation sites excluding steroid dienone is 2. The highest BCUT2D eigenvalue weighted by molar-refractivity contribution is 5.92. The van der Waals surface area contributed by atoms with Crippen LogP contribution in [0.15, 0.2) is 23.8 Å². The van der Waals surface area contributed by atoms with Crippen LogP contribution >= 0.6 is 0 Å². The van der Waals surface area contributed by atoms with Crippen LogP contribution in [-0.4, -0.2) is 40.8 Å². The van der Waals surface area contributed by atoms with Gasteiger partial charge in [-0.3, -0.25) is 4.90 Å². The van der Waals surface area contributed by atoms with E-state index in [0.29, 0.717) is 17.8 Å². The molecule has 2 heterocycles. The van der Waals surface area contributed by atoms with Crippen molar-refractivity contribution in [3.05, 3.63) is 23.8 Å². The first-order valence-electron chi connectivity index (χ1n) is 12.3. The minimum absolute atomic E-state index is 0.0447. The molecule has 0 unspecified atom stereocenters. The minimum Gasteiger partial charge on any atom is -0.459 e. The number of fused-ring (bicyclic) bond motifs is 2. The second-order valence-electron chi connectivity index (χ2n) is 11.1. The number of carbonyl (C=O) groups excluding carboxylic acids is 2. The lowest BCUT2D eigenvalue weighted by Gasteiger charge is -2.43. The Hall–Kier alpha value is -1.78. The van der Waals surface area contributed by atoms with E-state index in [1.165, 1.54) is 19.3 Å². The number of carbonyl (C=O) groups is 2. The molecule has 5 heteroatoms. The maximum Gasteiger partial charge on any atom is 0.411 e. The molecule has 2 aliphatic carbocycles. The normalized spacial score (nSPS) is 38.4. The third-order valence-electron chi connectivity index (χ3n) is 7.68. The lowest BCUT2D eigenvalue weighted by atomic mass is 9.61. The molecule has 1 amide bonds. The van der Waals surface area contributed by atoms with E-state index in [0.717, 1.165) is 31.3 Å². The van der Waals surface area contributed by atoms with Gasteiger partial charge in [-0.05, 0) is 84.5 Å². The summed E-state index contributed by atoms with van der Waals surface area (Å²) < 4.78 is 11.4. The van der Waals surface area contributed by atoms with E-state index in [4.69, 9.17) is 9.47 Å². The molecule has 0 radical (unpaired) electrons. The quantitative estimate of drug-likeness (QED) is 0.421. The number of cyclic esters (lactones) is 1. The van der Waals surface area contributed by atoms with Gasteiger partial charge in [0.15, 0.2) is 0 Å². The van der Waals surface area contributed by atoms with Crippen LogP contribution in [0.25, 0.3) is 0 Å². The smallest absolute Gasteiger partial charge is 0.411 e. The number of piperidine rings is 1. The Morgan fingerprint density at radius 1 is 1.10 bits per heavy atom. The number of ether oxygens (including phenoxy) is 2. The van der Waals surface area contributed by atoms with Gasteiger partial charge in [-0.2, -0.15) is 0 Å². The predicted octanol–water partition coefficient (Wildman–Crippen LogP) is 5.64. The summed E-state index contributed by atoms with van der Waals surface area (Å²) in [5.41, 5.74) is 0.393. The molecular formula is C26H39NO4. The monoisotopic (exact) mass is 429 g/mol. The molecule has 0 N–H and O–H groups in total. The van der Waals surface area contributed by atoms with E-state index in [1.54, 1.807) is 0 Å². The lowest BCUT2D eigenvalue weighted by Crippen LogP contribution is -2.50. The maximum atomic E-state index is 13.0. The van der Waals surface area contributed by atoms with Crippen molar-refractivity contribution in [2.45, 2.75) is 103 Å². The highest BCUT2D eigenvalue weighted by atomic mass is 16.6. The fraction of sp³-hybridized carbons (Fsp3) is 0.769. The van der Waals surface area contributed by atoms with Gasteiger partial charge in [-0.1, -0.05) is 31.1 Å². The lowest BCUT2D eigenvalue weighted by molar-refractivity contribution is -0.138. The van der Waals surface area contributed by atoms with E-state index in [9.17, 15) is 9.59 Å². The third-order valence-corrected chi connectivity index (χ3v) is 7.68. The Labute approximate surface area is 187 Å². The van der Waals surface area contributed by atoms with Crippen LogP contribution in [-0.2, 0) is 14.3 Å². The molecule has 2 saturated heterocycles. The summed E-state index contributed by atoms with van der Waals surface area (Å²) in [6.07, 6.45) is 14.5. The standard InChI is InChI=1S/C26H39NO4/c1-16-9-8-11-19(27(16)25(29)31-26(3,4)5)13-14-21-20-12-7-6-10-18(20)15-22-23(21)17(2)30-24(22)28/h13-21,23H,6-12H2,1-5H3/b14-13+/t16-,17-,18+,19-,20-,21+,23+/m0/s1. The molecule has 3 fully saturated rings. The number of amides is 1. The Balaban J connectivity index is 1.59. The van der Waals surface area contributed by atoms with E-state index >= 15 is 0 Å². The molecule has 0 aromatic heterocycles. The average molecular weight is 430 g/mol. The van der Waals surface area contributed by atoms with Crippen molar-refractivity contribution in [1.82, 2.24) is 4.90 Å². The van der Waals surface area contributed by atoms with Gasteiger partial charge in [0.05, 0.1) is 6.04 Å². The summed E-state index contributed by atoms with van der Waals surface area (Å²) in [6, 6.07) is 0.209. The zero-order valence-corrected chi connectivity index (χ0v) is 19.8. The number of nitrogens with zero attached hydrogens (tertiary/aromatic N) is 1. The molecule has 2 aliphatic heterocycles. The average Bonchev–Trinajstić information content (AvgIpc) is 2.97. The fourth-order valence-corrected chi connectivity index (χ4v) is 6.33. The number of likely N-dealkylation sites (tertiary alicyclic amines) is 1. The van der Waals surface area contributed by atoms with Crippen molar-refractivity contribution in [1.29, 1.82) is 0 Å². The van der Waals surface area contributed by atoms with Gasteiger partial charge in [0.25, 0.3) is 0 Å². The second kappa shape index (κ2) is 8.63. The number of rotatable bonds is 2. The molecule has 0 bridgehead atoms. The highest BCUT2D eigenvalue weighted by Crippen LogP contribution is 2.50. The zero-order valence-electron chi connectivity index (χ0n) is 19.8. The van der Waals surface area contributed by atoms with Crippen LogP contribution in [0, 0.1) is 23.7 Å². The first kappa shape index (κ1) is 22.4. The number of hydrogen-bond donors (Lipinski definition) is 0. The van der Waals surface area contributed by atoms with Gasteiger partial charge in [0.1, 0.15) is 11.7 Å². The molecule has 5 nitrogen and oxygen atoms in total. The largest absolute Gasteiger partial charge is 0.459 e. The first-order chi connectivity index (χ1) is 14.7. The summed E-state index contributed by atoms with van der Waals surface area (Å²) in [5.74, 6) is 1.34. The molecule has 4 rings (SSSR count). The fourth-order valence-electron chi connectivity index (χ4n) is 6.33. The predicted molar refractivity (Wildman–Crippen MR) is 120 cm³/mol. The van der Waals surface area contributed by atoms with Crippen molar-refractivity contribution >= 4 is 12.1 Å². The molecule has 31 heavy (non-hydrogen) atoms. The van der Waals surface area contributed by atoms with Crippen LogP contribution in [0.1, 0.15) is 79.6 Å². The molecule has 172 valence electrons.